The minimum Gasteiger partial charge on any atom is -0.371 e. The van der Waals surface area contributed by atoms with Gasteiger partial charge in [0.15, 0.2) is 0 Å². The Morgan fingerprint density at radius 3 is 2.32 bits per heavy atom. The average Bonchev–Trinajstić information content (AvgIpc) is 2.73. The average molecular weight is 403 g/mol. The molecule has 1 unspecified atom stereocenters. The molecule has 152 valence electrons. The summed E-state index contributed by atoms with van der Waals surface area (Å²) in [6.07, 6.45) is 0.0354. The predicted molar refractivity (Wildman–Crippen MR) is 113 cm³/mol. The summed E-state index contributed by atoms with van der Waals surface area (Å²) >= 11 is 0. The van der Waals surface area contributed by atoms with Gasteiger partial charge in [-0.25, -0.2) is 8.42 Å². The number of benzene rings is 2. The maximum atomic E-state index is 13.0. The molecule has 0 spiro atoms. The zero-order valence-corrected chi connectivity index (χ0v) is 17.9. The fourth-order valence-corrected chi connectivity index (χ4v) is 4.61. The van der Waals surface area contributed by atoms with E-state index < -0.39 is 10.0 Å². The second-order valence-corrected chi connectivity index (χ2v) is 9.51. The number of morpholine rings is 1. The van der Waals surface area contributed by atoms with Crippen molar-refractivity contribution in [1.82, 2.24) is 4.90 Å². The van der Waals surface area contributed by atoms with Crippen LogP contribution in [0.5, 0.6) is 0 Å². The van der Waals surface area contributed by atoms with E-state index >= 15 is 0 Å². The molecule has 6 heteroatoms. The smallest absolute Gasteiger partial charge is 0.264 e. The van der Waals surface area contributed by atoms with Gasteiger partial charge in [0.25, 0.3) is 10.0 Å². The van der Waals surface area contributed by atoms with Crippen LogP contribution in [-0.2, 0) is 14.8 Å². The van der Waals surface area contributed by atoms with Gasteiger partial charge in [-0.15, -0.1) is 0 Å². The highest BCUT2D eigenvalue weighted by Crippen LogP contribution is 2.27. The van der Waals surface area contributed by atoms with Crippen LogP contribution in [0.3, 0.4) is 0 Å². The standard InChI is InChI=1S/C22H30N2O3S/c1-5-24-14-15-27-22(16-24)19-6-10-20(11-7-19)23(4)28(25,26)21-12-8-18(9-13-21)17(2)3/h6-13,17,22H,5,14-16H2,1-4H3. The summed E-state index contributed by atoms with van der Waals surface area (Å²) in [5.41, 5.74) is 2.84. The maximum absolute atomic E-state index is 13.0. The van der Waals surface area contributed by atoms with Crippen LogP contribution in [0.1, 0.15) is 43.9 Å². The van der Waals surface area contributed by atoms with Crippen molar-refractivity contribution in [2.24, 2.45) is 0 Å². The first-order valence-corrected chi connectivity index (χ1v) is 11.3. The molecule has 0 bridgehead atoms. The van der Waals surface area contributed by atoms with Crippen LogP contribution in [-0.4, -0.2) is 46.6 Å². The van der Waals surface area contributed by atoms with Crippen molar-refractivity contribution < 1.29 is 13.2 Å². The van der Waals surface area contributed by atoms with Gasteiger partial charge in [0.1, 0.15) is 0 Å². The van der Waals surface area contributed by atoms with Gasteiger partial charge in [0, 0.05) is 20.1 Å². The van der Waals surface area contributed by atoms with E-state index in [0.717, 1.165) is 37.4 Å². The zero-order chi connectivity index (χ0) is 20.3. The van der Waals surface area contributed by atoms with Crippen LogP contribution in [0.15, 0.2) is 53.4 Å². The molecule has 1 saturated heterocycles. The molecule has 1 aliphatic heterocycles. The molecule has 1 aliphatic rings. The molecule has 0 saturated carbocycles. The number of nitrogens with zero attached hydrogens (tertiary/aromatic N) is 2. The first-order chi connectivity index (χ1) is 13.3. The molecule has 1 heterocycles. The normalized spacial score (nSPS) is 18.4. The first-order valence-electron chi connectivity index (χ1n) is 9.85. The van der Waals surface area contributed by atoms with Gasteiger partial charge in [0.2, 0.25) is 0 Å². The molecule has 0 amide bonds. The number of hydrogen-bond acceptors (Lipinski definition) is 4. The lowest BCUT2D eigenvalue weighted by Gasteiger charge is -2.32. The van der Waals surface area contributed by atoms with E-state index in [1.165, 1.54) is 4.31 Å². The molecule has 3 rings (SSSR count). The van der Waals surface area contributed by atoms with Crippen LogP contribution in [0, 0.1) is 0 Å². The Labute approximate surface area is 169 Å². The fraction of sp³-hybridized carbons (Fsp3) is 0.455. The van der Waals surface area contributed by atoms with Gasteiger partial charge in [-0.2, -0.15) is 0 Å². The van der Waals surface area contributed by atoms with Crippen molar-refractivity contribution in [3.63, 3.8) is 0 Å². The molecule has 2 aromatic carbocycles. The van der Waals surface area contributed by atoms with Crippen LogP contribution in [0.2, 0.25) is 0 Å². The van der Waals surface area contributed by atoms with Crippen molar-refractivity contribution in [2.75, 3.05) is 37.6 Å². The Bertz CT molecular complexity index is 877. The Kier molecular flexibility index (Phi) is 6.43. The fourth-order valence-electron chi connectivity index (χ4n) is 3.41. The summed E-state index contributed by atoms with van der Waals surface area (Å²) in [7, 11) is -2.00. The molecule has 0 radical (unpaired) electrons. The van der Waals surface area contributed by atoms with Crippen LogP contribution in [0.4, 0.5) is 5.69 Å². The van der Waals surface area contributed by atoms with E-state index in [0.29, 0.717) is 16.5 Å². The molecular formula is C22H30N2O3S. The van der Waals surface area contributed by atoms with Gasteiger partial charge in [0.05, 0.1) is 23.3 Å². The molecular weight excluding hydrogens is 372 g/mol. The highest BCUT2D eigenvalue weighted by molar-refractivity contribution is 7.92. The molecule has 28 heavy (non-hydrogen) atoms. The largest absolute Gasteiger partial charge is 0.371 e. The summed E-state index contributed by atoms with van der Waals surface area (Å²) in [5, 5.41) is 0. The number of ether oxygens (including phenoxy) is 1. The Morgan fingerprint density at radius 1 is 1.11 bits per heavy atom. The highest BCUT2D eigenvalue weighted by Gasteiger charge is 2.23. The van der Waals surface area contributed by atoms with Crippen molar-refractivity contribution in [3.05, 3.63) is 59.7 Å². The Balaban J connectivity index is 1.77. The van der Waals surface area contributed by atoms with Crippen LogP contribution < -0.4 is 4.31 Å². The van der Waals surface area contributed by atoms with Crippen LogP contribution in [0.25, 0.3) is 0 Å². The Hall–Kier alpha value is -1.89. The quantitative estimate of drug-likeness (QED) is 0.732. The Morgan fingerprint density at radius 2 is 1.75 bits per heavy atom. The lowest BCUT2D eigenvalue weighted by Crippen LogP contribution is -2.38. The molecule has 1 fully saturated rings. The number of rotatable bonds is 6. The van der Waals surface area contributed by atoms with Gasteiger partial charge < -0.3 is 4.74 Å². The topological polar surface area (TPSA) is 49.9 Å². The lowest BCUT2D eigenvalue weighted by molar-refractivity contribution is -0.0281. The van der Waals surface area contributed by atoms with Gasteiger partial charge in [-0.1, -0.05) is 45.0 Å². The summed E-state index contributed by atoms with van der Waals surface area (Å²) in [6, 6.07) is 14.8. The SMILES string of the molecule is CCN1CCOC(c2ccc(N(C)S(=O)(=O)c3ccc(C(C)C)cc3)cc2)C1. The monoisotopic (exact) mass is 402 g/mol. The first kappa shape index (κ1) is 20.8. The van der Waals surface area contributed by atoms with Crippen LogP contribution >= 0.6 is 0 Å². The number of sulfonamides is 1. The molecule has 5 nitrogen and oxygen atoms in total. The summed E-state index contributed by atoms with van der Waals surface area (Å²) < 4.78 is 33.2. The molecule has 0 aliphatic carbocycles. The van der Waals surface area contributed by atoms with Crippen molar-refractivity contribution in [3.8, 4) is 0 Å². The number of anilines is 1. The minimum absolute atomic E-state index is 0.0354. The van der Waals surface area contributed by atoms with E-state index in [2.05, 4.69) is 25.7 Å². The summed E-state index contributed by atoms with van der Waals surface area (Å²) in [4.78, 5) is 2.66. The van der Waals surface area contributed by atoms with Crippen molar-refractivity contribution >= 4 is 15.7 Å². The molecule has 0 aromatic heterocycles. The lowest BCUT2D eigenvalue weighted by atomic mass is 10.0. The second-order valence-electron chi connectivity index (χ2n) is 7.54. The highest BCUT2D eigenvalue weighted by atomic mass is 32.2. The zero-order valence-electron chi connectivity index (χ0n) is 17.1. The summed E-state index contributed by atoms with van der Waals surface area (Å²) in [6.45, 7) is 9.89. The number of hydrogen-bond donors (Lipinski definition) is 0. The number of likely N-dealkylation sites (N-methyl/N-ethyl adjacent to an activating group) is 1. The third-order valence-electron chi connectivity index (χ3n) is 5.43. The van der Waals surface area contributed by atoms with Crippen molar-refractivity contribution in [1.29, 1.82) is 0 Å². The molecule has 1 atom stereocenters. The van der Waals surface area contributed by atoms with E-state index in [1.54, 1.807) is 19.2 Å². The van der Waals surface area contributed by atoms with E-state index in [4.69, 9.17) is 4.74 Å². The third kappa shape index (κ3) is 4.40. The van der Waals surface area contributed by atoms with Gasteiger partial charge in [-0.05, 0) is 47.9 Å². The van der Waals surface area contributed by atoms with E-state index in [9.17, 15) is 8.42 Å². The molecule has 2 aromatic rings. The second kappa shape index (κ2) is 8.64. The van der Waals surface area contributed by atoms with Gasteiger partial charge >= 0.3 is 0 Å². The maximum Gasteiger partial charge on any atom is 0.264 e. The van der Waals surface area contributed by atoms with E-state index in [-0.39, 0.29) is 6.10 Å². The minimum atomic E-state index is -3.59. The third-order valence-corrected chi connectivity index (χ3v) is 7.23. The predicted octanol–water partition coefficient (Wildman–Crippen LogP) is 4.03. The van der Waals surface area contributed by atoms with Crippen molar-refractivity contribution in [2.45, 2.75) is 37.7 Å². The molecule has 0 N–H and O–H groups in total. The summed E-state index contributed by atoms with van der Waals surface area (Å²) in [5.74, 6) is 0.368. The van der Waals surface area contributed by atoms with Gasteiger partial charge in [-0.3, -0.25) is 9.21 Å². The van der Waals surface area contributed by atoms with E-state index in [1.807, 2.05) is 36.4 Å².